The number of benzene rings is 1. The second kappa shape index (κ2) is 7.79. The summed E-state index contributed by atoms with van der Waals surface area (Å²) in [5.41, 5.74) is 1.22. The first-order valence-electron chi connectivity index (χ1n) is 7.63. The molecule has 0 saturated carbocycles. The van der Waals surface area contributed by atoms with Gasteiger partial charge in [-0.2, -0.15) is 0 Å². The van der Waals surface area contributed by atoms with E-state index in [2.05, 4.69) is 45.3 Å². The molecule has 0 atom stereocenters. The van der Waals surface area contributed by atoms with E-state index >= 15 is 0 Å². The highest BCUT2D eigenvalue weighted by atomic mass is 79.9. The van der Waals surface area contributed by atoms with Crippen LogP contribution in [0.4, 0.5) is 6.01 Å². The molecular weight excluding hydrogens is 406 g/mol. The predicted molar refractivity (Wildman–Crippen MR) is 100.0 cm³/mol. The molecule has 1 aromatic carbocycles. The van der Waals surface area contributed by atoms with Gasteiger partial charge in [0.2, 0.25) is 0 Å². The molecule has 3 aromatic rings. The standard InChI is InChI=1S/C17H16BrN3O3S/c1-10(2)11-3-5-12(6-4-11)23-9-15(22)19-17-21-20-16(24-17)13-7-8-14(18)25-13/h3-8,10H,9H2,1-2H3,(H,19,21,22). The Morgan fingerprint density at radius 1 is 1.24 bits per heavy atom. The predicted octanol–water partition coefficient (Wildman–Crippen LogP) is 4.70. The van der Waals surface area contributed by atoms with Gasteiger partial charge in [-0.1, -0.05) is 31.1 Å². The van der Waals surface area contributed by atoms with Crippen molar-refractivity contribution in [3.8, 4) is 16.5 Å². The highest BCUT2D eigenvalue weighted by Crippen LogP contribution is 2.30. The fraction of sp³-hybridized carbons (Fsp3) is 0.235. The van der Waals surface area contributed by atoms with Crippen molar-refractivity contribution in [3.63, 3.8) is 0 Å². The van der Waals surface area contributed by atoms with Gasteiger partial charge < -0.3 is 9.15 Å². The van der Waals surface area contributed by atoms with E-state index in [1.54, 1.807) is 0 Å². The average Bonchev–Trinajstić information content (AvgIpc) is 3.22. The van der Waals surface area contributed by atoms with Crippen LogP contribution in [0.25, 0.3) is 10.8 Å². The van der Waals surface area contributed by atoms with E-state index in [-0.39, 0.29) is 18.5 Å². The molecule has 0 aliphatic carbocycles. The molecule has 0 radical (unpaired) electrons. The zero-order chi connectivity index (χ0) is 17.8. The van der Waals surface area contributed by atoms with Gasteiger partial charge in [-0.25, -0.2) is 0 Å². The molecule has 1 N–H and O–H groups in total. The quantitative estimate of drug-likeness (QED) is 0.623. The number of rotatable bonds is 6. The molecule has 1 amide bonds. The minimum atomic E-state index is -0.365. The van der Waals surface area contributed by atoms with Crippen molar-refractivity contribution >= 4 is 39.2 Å². The number of nitrogens with zero attached hydrogens (tertiary/aromatic N) is 2. The van der Waals surface area contributed by atoms with Crippen LogP contribution in [-0.2, 0) is 4.79 Å². The number of carbonyl (C=O) groups is 1. The number of carbonyl (C=O) groups excluding carboxylic acids is 1. The van der Waals surface area contributed by atoms with Crippen molar-refractivity contribution in [3.05, 3.63) is 45.7 Å². The number of anilines is 1. The molecule has 8 heteroatoms. The molecule has 0 aliphatic rings. The number of ether oxygens (including phenoxy) is 1. The van der Waals surface area contributed by atoms with E-state index in [0.29, 0.717) is 17.6 Å². The topological polar surface area (TPSA) is 77.2 Å². The Labute approximate surface area is 157 Å². The lowest BCUT2D eigenvalue weighted by molar-refractivity contribution is -0.118. The minimum absolute atomic E-state index is 0.0447. The molecule has 0 aliphatic heterocycles. The van der Waals surface area contributed by atoms with Crippen molar-refractivity contribution in [2.24, 2.45) is 0 Å². The Balaban J connectivity index is 1.53. The number of hydrogen-bond donors (Lipinski definition) is 1. The van der Waals surface area contributed by atoms with Gasteiger partial charge in [-0.15, -0.1) is 16.4 Å². The molecule has 3 rings (SSSR count). The van der Waals surface area contributed by atoms with Gasteiger partial charge in [-0.05, 0) is 51.7 Å². The number of halogens is 1. The molecule has 6 nitrogen and oxygen atoms in total. The molecule has 0 bridgehead atoms. The van der Waals surface area contributed by atoms with Crippen LogP contribution in [0.2, 0.25) is 0 Å². The van der Waals surface area contributed by atoms with Crippen LogP contribution in [0, 0.1) is 0 Å². The molecule has 2 aromatic heterocycles. The van der Waals surface area contributed by atoms with E-state index in [9.17, 15) is 4.79 Å². The number of nitrogens with one attached hydrogen (secondary N) is 1. The first-order valence-corrected chi connectivity index (χ1v) is 9.24. The van der Waals surface area contributed by atoms with E-state index in [4.69, 9.17) is 9.15 Å². The number of aromatic nitrogens is 2. The zero-order valence-corrected chi connectivity index (χ0v) is 16.1. The molecule has 0 unspecified atom stereocenters. The molecule has 130 valence electrons. The van der Waals surface area contributed by atoms with Crippen LogP contribution in [0.1, 0.15) is 25.3 Å². The maximum Gasteiger partial charge on any atom is 0.322 e. The van der Waals surface area contributed by atoms with Gasteiger partial charge in [0.15, 0.2) is 6.61 Å². The highest BCUT2D eigenvalue weighted by molar-refractivity contribution is 9.11. The molecular formula is C17H16BrN3O3S. The van der Waals surface area contributed by atoms with E-state index in [0.717, 1.165) is 8.66 Å². The first kappa shape index (κ1) is 17.6. The van der Waals surface area contributed by atoms with Gasteiger partial charge in [0.25, 0.3) is 11.8 Å². The largest absolute Gasteiger partial charge is 0.484 e. The summed E-state index contributed by atoms with van der Waals surface area (Å²) in [5, 5.41) is 10.3. The summed E-state index contributed by atoms with van der Waals surface area (Å²) < 4.78 is 11.9. The van der Waals surface area contributed by atoms with E-state index < -0.39 is 0 Å². The number of hydrogen-bond acceptors (Lipinski definition) is 6. The van der Waals surface area contributed by atoms with Crippen LogP contribution < -0.4 is 10.1 Å². The van der Waals surface area contributed by atoms with Crippen molar-refractivity contribution in [1.82, 2.24) is 10.2 Å². The Bertz CT molecular complexity index is 858. The highest BCUT2D eigenvalue weighted by Gasteiger charge is 2.13. The van der Waals surface area contributed by atoms with E-state index in [1.807, 2.05) is 36.4 Å². The van der Waals surface area contributed by atoms with Crippen LogP contribution in [0.15, 0.2) is 44.6 Å². The Kier molecular flexibility index (Phi) is 5.50. The third-order valence-electron chi connectivity index (χ3n) is 3.37. The fourth-order valence-electron chi connectivity index (χ4n) is 2.06. The van der Waals surface area contributed by atoms with Crippen LogP contribution in [-0.4, -0.2) is 22.7 Å². The summed E-state index contributed by atoms with van der Waals surface area (Å²) in [7, 11) is 0. The lowest BCUT2D eigenvalue weighted by atomic mass is 10.0. The SMILES string of the molecule is CC(C)c1ccc(OCC(=O)Nc2nnc(-c3ccc(Br)s3)o2)cc1. The van der Waals surface area contributed by atoms with Gasteiger partial charge >= 0.3 is 6.01 Å². The van der Waals surface area contributed by atoms with Crippen molar-refractivity contribution in [1.29, 1.82) is 0 Å². The Morgan fingerprint density at radius 3 is 2.64 bits per heavy atom. The lowest BCUT2D eigenvalue weighted by Crippen LogP contribution is -2.20. The Hall–Kier alpha value is -2.19. The smallest absolute Gasteiger partial charge is 0.322 e. The number of amides is 1. The van der Waals surface area contributed by atoms with Gasteiger partial charge in [0.05, 0.1) is 8.66 Å². The molecule has 0 saturated heterocycles. The summed E-state index contributed by atoms with van der Waals surface area (Å²) >= 11 is 4.84. The first-order chi connectivity index (χ1) is 12.0. The van der Waals surface area contributed by atoms with Crippen molar-refractivity contribution in [2.45, 2.75) is 19.8 Å². The van der Waals surface area contributed by atoms with Crippen molar-refractivity contribution < 1.29 is 13.9 Å². The second-order valence-corrected chi connectivity index (χ2v) is 8.04. The normalized spacial score (nSPS) is 10.9. The van der Waals surface area contributed by atoms with Crippen molar-refractivity contribution in [2.75, 3.05) is 11.9 Å². The third-order valence-corrected chi connectivity index (χ3v) is 4.98. The zero-order valence-electron chi connectivity index (χ0n) is 13.7. The Morgan fingerprint density at radius 2 is 2.00 bits per heavy atom. The minimum Gasteiger partial charge on any atom is -0.484 e. The maximum absolute atomic E-state index is 11.9. The number of thiophene rings is 1. The summed E-state index contributed by atoms with van der Waals surface area (Å²) in [4.78, 5) is 12.8. The summed E-state index contributed by atoms with van der Waals surface area (Å²) in [6, 6.07) is 11.5. The molecule has 2 heterocycles. The van der Waals surface area contributed by atoms with Gasteiger partial charge in [-0.3, -0.25) is 10.1 Å². The molecule has 0 spiro atoms. The lowest BCUT2D eigenvalue weighted by Gasteiger charge is -2.08. The van der Waals surface area contributed by atoms with Crippen LogP contribution in [0.5, 0.6) is 5.75 Å². The summed E-state index contributed by atoms with van der Waals surface area (Å²) in [5.74, 6) is 1.08. The summed E-state index contributed by atoms with van der Waals surface area (Å²) in [6.45, 7) is 4.11. The fourth-order valence-corrected chi connectivity index (χ4v) is 3.36. The second-order valence-electron chi connectivity index (χ2n) is 5.58. The summed E-state index contributed by atoms with van der Waals surface area (Å²) in [6.07, 6.45) is 0. The molecule has 0 fully saturated rings. The van der Waals surface area contributed by atoms with E-state index in [1.165, 1.54) is 16.9 Å². The van der Waals surface area contributed by atoms with Crippen LogP contribution in [0.3, 0.4) is 0 Å². The average molecular weight is 422 g/mol. The van der Waals surface area contributed by atoms with Gasteiger partial charge in [0.1, 0.15) is 5.75 Å². The monoisotopic (exact) mass is 421 g/mol. The molecule has 25 heavy (non-hydrogen) atoms. The maximum atomic E-state index is 11.9. The van der Waals surface area contributed by atoms with Crippen LogP contribution >= 0.6 is 27.3 Å². The van der Waals surface area contributed by atoms with Gasteiger partial charge in [0, 0.05) is 0 Å². The third kappa shape index (κ3) is 4.67.